The number of benzene rings is 2. The highest BCUT2D eigenvalue weighted by Gasteiger charge is 2.51. The van der Waals surface area contributed by atoms with Gasteiger partial charge in [-0.2, -0.15) is 0 Å². The average Bonchev–Trinajstić information content (AvgIpc) is 3.40. The molecule has 1 fully saturated rings. The van der Waals surface area contributed by atoms with Gasteiger partial charge in [-0.3, -0.25) is 30.0 Å². The molecular weight excluding hydrogens is 434 g/mol. The van der Waals surface area contributed by atoms with Gasteiger partial charge < -0.3 is 10.4 Å². The summed E-state index contributed by atoms with van der Waals surface area (Å²) in [4.78, 5) is 48.7. The number of allylic oxidation sites excluding steroid dienone is 2. The van der Waals surface area contributed by atoms with Gasteiger partial charge in [0.25, 0.3) is 11.8 Å². The summed E-state index contributed by atoms with van der Waals surface area (Å²) in [7, 11) is 0. The maximum Gasteiger partial charge on any atom is 0.307 e. The minimum absolute atomic E-state index is 0.137. The average molecular weight is 454 g/mol. The molecule has 164 valence electrons. The van der Waals surface area contributed by atoms with Crippen LogP contribution in [0.4, 0.5) is 5.69 Å². The molecular formula is C23H20ClN3O5. The van der Waals surface area contributed by atoms with E-state index in [2.05, 4.69) is 16.2 Å². The number of hydrazine groups is 1. The quantitative estimate of drug-likeness (QED) is 0.409. The van der Waals surface area contributed by atoms with Gasteiger partial charge in [-0.1, -0.05) is 23.8 Å². The van der Waals surface area contributed by atoms with Crippen molar-refractivity contribution in [3.05, 3.63) is 76.8 Å². The summed E-state index contributed by atoms with van der Waals surface area (Å²) in [5.74, 6) is -4.20. The molecule has 2 aromatic carbocycles. The molecule has 0 heterocycles. The molecule has 0 saturated heterocycles. The SMILES string of the molecule is O=C(NNC(=O)[C@H]1[C@H](C(=O)O)[C@H]2C=C[C@H]1C2)c1ccc(NC(=O)c2ccc(Cl)cc2)cc1. The van der Waals surface area contributed by atoms with Crippen molar-refractivity contribution in [2.75, 3.05) is 5.32 Å². The molecule has 2 aromatic rings. The van der Waals surface area contributed by atoms with Gasteiger partial charge in [0, 0.05) is 21.8 Å². The van der Waals surface area contributed by atoms with E-state index in [-0.39, 0.29) is 23.3 Å². The molecule has 4 atom stereocenters. The lowest BCUT2D eigenvalue weighted by atomic mass is 9.82. The van der Waals surface area contributed by atoms with Crippen LogP contribution in [0.1, 0.15) is 27.1 Å². The Balaban J connectivity index is 1.32. The molecule has 0 aromatic heterocycles. The normalized spacial score (nSPS) is 22.9. The minimum atomic E-state index is -1.01. The second-order valence-corrected chi connectivity index (χ2v) is 8.26. The van der Waals surface area contributed by atoms with Crippen molar-refractivity contribution in [2.24, 2.45) is 23.7 Å². The Labute approximate surface area is 188 Å². The first-order valence-corrected chi connectivity index (χ1v) is 10.4. The molecule has 0 unspecified atom stereocenters. The molecule has 4 rings (SSSR count). The van der Waals surface area contributed by atoms with Crippen LogP contribution in [0.5, 0.6) is 0 Å². The van der Waals surface area contributed by atoms with E-state index in [0.717, 1.165) is 0 Å². The van der Waals surface area contributed by atoms with Crippen LogP contribution in [-0.4, -0.2) is 28.8 Å². The Morgan fingerprint density at radius 1 is 0.781 bits per heavy atom. The van der Waals surface area contributed by atoms with Gasteiger partial charge in [-0.05, 0) is 66.8 Å². The molecule has 8 nitrogen and oxygen atoms in total. The molecule has 0 aliphatic heterocycles. The molecule has 2 aliphatic rings. The fourth-order valence-electron chi connectivity index (χ4n) is 4.30. The van der Waals surface area contributed by atoms with Crippen molar-refractivity contribution in [2.45, 2.75) is 6.42 Å². The highest BCUT2D eigenvalue weighted by atomic mass is 35.5. The molecule has 1 saturated carbocycles. The van der Waals surface area contributed by atoms with Gasteiger partial charge in [-0.25, -0.2) is 0 Å². The Hall–Kier alpha value is -3.65. The fourth-order valence-corrected chi connectivity index (χ4v) is 4.43. The Morgan fingerprint density at radius 2 is 1.34 bits per heavy atom. The highest BCUT2D eigenvalue weighted by Crippen LogP contribution is 2.48. The van der Waals surface area contributed by atoms with Gasteiger partial charge in [0.05, 0.1) is 11.8 Å². The van der Waals surface area contributed by atoms with Gasteiger partial charge >= 0.3 is 5.97 Å². The number of carboxylic acids is 1. The summed E-state index contributed by atoms with van der Waals surface area (Å²) in [5, 5.41) is 12.7. The summed E-state index contributed by atoms with van der Waals surface area (Å²) in [6, 6.07) is 12.6. The van der Waals surface area contributed by atoms with Crippen LogP contribution in [-0.2, 0) is 9.59 Å². The minimum Gasteiger partial charge on any atom is -0.481 e. The number of hydrogen-bond donors (Lipinski definition) is 4. The maximum atomic E-state index is 12.5. The summed E-state index contributed by atoms with van der Waals surface area (Å²) in [6.45, 7) is 0. The summed E-state index contributed by atoms with van der Waals surface area (Å²) in [5.41, 5.74) is 5.87. The standard InChI is InChI=1S/C23H20ClN3O5/c24-16-7-3-12(4-8-16)20(28)25-17-9-5-13(6-10-17)21(29)26-27-22(30)18-14-1-2-15(11-14)19(18)23(31)32/h1-10,14-15,18-19H,11H2,(H,25,28)(H,26,29)(H,27,30)(H,31,32)/t14-,15-,18+,19+/m0/s1. The van der Waals surface area contributed by atoms with E-state index in [1.807, 2.05) is 12.2 Å². The number of halogens is 1. The van der Waals surface area contributed by atoms with Crippen LogP contribution >= 0.6 is 11.6 Å². The maximum absolute atomic E-state index is 12.5. The first-order valence-electron chi connectivity index (χ1n) is 10.0. The summed E-state index contributed by atoms with van der Waals surface area (Å²) < 4.78 is 0. The topological polar surface area (TPSA) is 125 Å². The van der Waals surface area contributed by atoms with Crippen molar-refractivity contribution in [1.82, 2.24) is 10.9 Å². The first-order chi connectivity index (χ1) is 15.3. The third kappa shape index (κ3) is 4.36. The first kappa shape index (κ1) is 21.6. The Kier molecular flexibility index (Phi) is 5.96. The number of aliphatic carboxylic acids is 1. The predicted molar refractivity (Wildman–Crippen MR) is 117 cm³/mol. The van der Waals surface area contributed by atoms with Crippen LogP contribution in [0.25, 0.3) is 0 Å². The third-order valence-electron chi connectivity index (χ3n) is 5.86. The molecule has 4 N–H and O–H groups in total. The summed E-state index contributed by atoms with van der Waals surface area (Å²) >= 11 is 5.82. The fraction of sp³-hybridized carbons (Fsp3) is 0.217. The van der Waals surface area contributed by atoms with Crippen LogP contribution in [0.2, 0.25) is 5.02 Å². The molecule has 32 heavy (non-hydrogen) atoms. The van der Waals surface area contributed by atoms with Gasteiger partial charge in [0.15, 0.2) is 0 Å². The smallest absolute Gasteiger partial charge is 0.307 e. The number of rotatable bonds is 5. The van der Waals surface area contributed by atoms with Gasteiger partial charge in [0.2, 0.25) is 5.91 Å². The van der Waals surface area contributed by atoms with E-state index in [9.17, 15) is 24.3 Å². The number of hydrogen-bond acceptors (Lipinski definition) is 4. The third-order valence-corrected chi connectivity index (χ3v) is 6.11. The Bertz CT molecular complexity index is 1100. The van der Waals surface area contributed by atoms with Crippen LogP contribution in [0.15, 0.2) is 60.7 Å². The van der Waals surface area contributed by atoms with Crippen molar-refractivity contribution < 1.29 is 24.3 Å². The monoisotopic (exact) mass is 453 g/mol. The Morgan fingerprint density at radius 3 is 1.97 bits per heavy atom. The second kappa shape index (κ2) is 8.84. The number of carbonyl (C=O) groups excluding carboxylic acids is 3. The number of nitrogens with one attached hydrogen (secondary N) is 3. The zero-order valence-electron chi connectivity index (χ0n) is 16.7. The summed E-state index contributed by atoms with van der Waals surface area (Å²) in [6.07, 6.45) is 4.35. The van der Waals surface area contributed by atoms with E-state index < -0.39 is 29.6 Å². The zero-order chi connectivity index (χ0) is 22.8. The van der Waals surface area contributed by atoms with Crippen molar-refractivity contribution in [3.8, 4) is 0 Å². The lowest BCUT2D eigenvalue weighted by Gasteiger charge is -2.23. The molecule has 0 spiro atoms. The molecule has 2 bridgehead atoms. The predicted octanol–water partition coefficient (Wildman–Crippen LogP) is 2.88. The number of fused-ring (bicyclic) bond motifs is 2. The van der Waals surface area contributed by atoms with Crippen LogP contribution < -0.4 is 16.2 Å². The van der Waals surface area contributed by atoms with Gasteiger partial charge in [0.1, 0.15) is 0 Å². The van der Waals surface area contributed by atoms with E-state index in [0.29, 0.717) is 22.7 Å². The highest BCUT2D eigenvalue weighted by molar-refractivity contribution is 6.30. The van der Waals surface area contributed by atoms with Crippen LogP contribution in [0.3, 0.4) is 0 Å². The van der Waals surface area contributed by atoms with Crippen LogP contribution in [0, 0.1) is 23.7 Å². The number of carbonyl (C=O) groups is 4. The number of anilines is 1. The van der Waals surface area contributed by atoms with E-state index in [1.54, 1.807) is 36.4 Å². The molecule has 9 heteroatoms. The molecule has 3 amide bonds. The van der Waals surface area contributed by atoms with E-state index >= 15 is 0 Å². The van der Waals surface area contributed by atoms with Crippen molar-refractivity contribution >= 4 is 41.0 Å². The number of carboxylic acid groups (broad SMARTS) is 1. The molecule has 2 aliphatic carbocycles. The lowest BCUT2D eigenvalue weighted by molar-refractivity contribution is -0.148. The zero-order valence-corrected chi connectivity index (χ0v) is 17.5. The van der Waals surface area contributed by atoms with E-state index in [4.69, 9.17) is 11.6 Å². The number of amides is 3. The van der Waals surface area contributed by atoms with E-state index in [1.165, 1.54) is 12.1 Å². The van der Waals surface area contributed by atoms with Gasteiger partial charge in [-0.15, -0.1) is 0 Å². The largest absolute Gasteiger partial charge is 0.481 e. The van der Waals surface area contributed by atoms with Crippen molar-refractivity contribution in [3.63, 3.8) is 0 Å². The van der Waals surface area contributed by atoms with Crippen molar-refractivity contribution in [1.29, 1.82) is 0 Å². The lowest BCUT2D eigenvalue weighted by Crippen LogP contribution is -2.48. The molecule has 0 radical (unpaired) electrons. The second-order valence-electron chi connectivity index (χ2n) is 7.82.